The SMILES string of the molecule is COC(=O)/C=C/c1ccc2c([nH]c(=O)n2C)c1F. The Morgan fingerprint density at radius 3 is 2.89 bits per heavy atom. The van der Waals surface area contributed by atoms with Crippen LogP contribution >= 0.6 is 0 Å². The number of aromatic amines is 1. The Morgan fingerprint density at radius 1 is 1.50 bits per heavy atom. The smallest absolute Gasteiger partial charge is 0.330 e. The minimum Gasteiger partial charge on any atom is -0.466 e. The molecule has 1 heterocycles. The second-order valence-corrected chi connectivity index (χ2v) is 3.71. The molecule has 0 bridgehead atoms. The molecule has 0 saturated heterocycles. The van der Waals surface area contributed by atoms with Crippen LogP contribution in [0.2, 0.25) is 0 Å². The van der Waals surface area contributed by atoms with Crippen molar-refractivity contribution in [3.63, 3.8) is 0 Å². The molecule has 2 rings (SSSR count). The molecule has 1 N–H and O–H groups in total. The molecule has 0 radical (unpaired) electrons. The van der Waals surface area contributed by atoms with Gasteiger partial charge in [0.05, 0.1) is 12.6 Å². The van der Waals surface area contributed by atoms with Crippen molar-refractivity contribution in [2.24, 2.45) is 7.05 Å². The number of nitrogens with one attached hydrogen (secondary N) is 1. The summed E-state index contributed by atoms with van der Waals surface area (Å²) < 4.78 is 19.8. The predicted octanol–water partition coefficient (Wildman–Crippen LogP) is 1.19. The van der Waals surface area contributed by atoms with Crippen LogP contribution in [0.4, 0.5) is 4.39 Å². The molecule has 18 heavy (non-hydrogen) atoms. The molecule has 1 aromatic carbocycles. The summed E-state index contributed by atoms with van der Waals surface area (Å²) in [4.78, 5) is 24.7. The molecule has 0 spiro atoms. The number of imidazole rings is 1. The third-order valence-corrected chi connectivity index (χ3v) is 2.65. The highest BCUT2D eigenvalue weighted by Crippen LogP contribution is 2.19. The fourth-order valence-electron chi connectivity index (χ4n) is 1.64. The van der Waals surface area contributed by atoms with Crippen molar-refractivity contribution in [2.45, 2.75) is 0 Å². The summed E-state index contributed by atoms with van der Waals surface area (Å²) in [5, 5.41) is 0. The van der Waals surface area contributed by atoms with E-state index in [1.807, 2.05) is 0 Å². The molecule has 6 heteroatoms. The Balaban J connectivity index is 2.55. The molecule has 94 valence electrons. The van der Waals surface area contributed by atoms with Gasteiger partial charge in [0.1, 0.15) is 5.52 Å². The first-order valence-electron chi connectivity index (χ1n) is 5.18. The fourth-order valence-corrected chi connectivity index (χ4v) is 1.64. The first-order chi connectivity index (χ1) is 8.54. The van der Waals surface area contributed by atoms with Crippen molar-refractivity contribution in [3.8, 4) is 0 Å². The number of carbonyl (C=O) groups is 1. The van der Waals surface area contributed by atoms with Crippen molar-refractivity contribution >= 4 is 23.1 Å². The summed E-state index contributed by atoms with van der Waals surface area (Å²) in [5.74, 6) is -1.15. The van der Waals surface area contributed by atoms with Crippen LogP contribution in [0.1, 0.15) is 5.56 Å². The number of methoxy groups -OCH3 is 1. The van der Waals surface area contributed by atoms with Gasteiger partial charge in [-0.3, -0.25) is 4.57 Å². The zero-order chi connectivity index (χ0) is 13.3. The Bertz CT molecular complexity index is 697. The lowest BCUT2D eigenvalue weighted by atomic mass is 10.1. The van der Waals surface area contributed by atoms with E-state index in [9.17, 15) is 14.0 Å². The highest BCUT2D eigenvalue weighted by Gasteiger charge is 2.10. The van der Waals surface area contributed by atoms with E-state index in [4.69, 9.17) is 0 Å². The summed E-state index contributed by atoms with van der Waals surface area (Å²) in [6.07, 6.45) is 2.41. The quantitative estimate of drug-likeness (QED) is 0.643. The number of aromatic nitrogens is 2. The van der Waals surface area contributed by atoms with Gasteiger partial charge < -0.3 is 9.72 Å². The van der Waals surface area contributed by atoms with Gasteiger partial charge in [0.15, 0.2) is 5.82 Å². The zero-order valence-corrected chi connectivity index (χ0v) is 9.86. The molecule has 0 fully saturated rings. The van der Waals surface area contributed by atoms with Crippen LogP contribution in [0.15, 0.2) is 23.0 Å². The normalized spacial score (nSPS) is 11.3. The van der Waals surface area contributed by atoms with Crippen LogP contribution in [-0.2, 0) is 16.6 Å². The van der Waals surface area contributed by atoms with E-state index in [-0.39, 0.29) is 11.1 Å². The van der Waals surface area contributed by atoms with E-state index >= 15 is 0 Å². The first-order valence-corrected chi connectivity index (χ1v) is 5.18. The molecule has 0 atom stereocenters. The van der Waals surface area contributed by atoms with Crippen molar-refractivity contribution < 1.29 is 13.9 Å². The van der Waals surface area contributed by atoms with Gasteiger partial charge in [-0.25, -0.2) is 14.0 Å². The second-order valence-electron chi connectivity index (χ2n) is 3.71. The summed E-state index contributed by atoms with van der Waals surface area (Å²) in [5.41, 5.74) is 0.398. The van der Waals surface area contributed by atoms with Crippen LogP contribution < -0.4 is 5.69 Å². The largest absolute Gasteiger partial charge is 0.466 e. The van der Waals surface area contributed by atoms with Crippen molar-refractivity contribution in [2.75, 3.05) is 7.11 Å². The number of rotatable bonds is 2. The Hall–Kier alpha value is -2.37. The van der Waals surface area contributed by atoms with Crippen molar-refractivity contribution in [1.29, 1.82) is 0 Å². The van der Waals surface area contributed by atoms with E-state index in [0.717, 1.165) is 6.08 Å². The molecule has 1 aromatic heterocycles. The molecule has 0 amide bonds. The number of esters is 1. The van der Waals surface area contributed by atoms with Gasteiger partial charge in [0.2, 0.25) is 0 Å². The Labute approximate surface area is 101 Å². The van der Waals surface area contributed by atoms with Gasteiger partial charge in [-0.05, 0) is 18.2 Å². The molecular formula is C12H11FN2O3. The van der Waals surface area contributed by atoms with Crippen LogP contribution in [0.25, 0.3) is 17.1 Å². The average molecular weight is 250 g/mol. The van der Waals surface area contributed by atoms with Gasteiger partial charge in [-0.1, -0.05) is 0 Å². The number of hydrogen-bond donors (Lipinski definition) is 1. The molecule has 0 unspecified atom stereocenters. The van der Waals surface area contributed by atoms with Crippen LogP contribution in [-0.4, -0.2) is 22.6 Å². The third-order valence-electron chi connectivity index (χ3n) is 2.65. The summed E-state index contributed by atoms with van der Waals surface area (Å²) in [7, 11) is 2.78. The molecule has 0 aliphatic carbocycles. The second kappa shape index (κ2) is 4.48. The molecule has 5 nitrogen and oxygen atoms in total. The first kappa shape index (κ1) is 12.1. The fraction of sp³-hybridized carbons (Fsp3) is 0.167. The van der Waals surface area contributed by atoms with Gasteiger partial charge in [-0.15, -0.1) is 0 Å². The topological polar surface area (TPSA) is 64.1 Å². The predicted molar refractivity (Wildman–Crippen MR) is 64.5 cm³/mol. The monoisotopic (exact) mass is 250 g/mol. The van der Waals surface area contributed by atoms with E-state index < -0.39 is 17.5 Å². The number of aryl methyl sites for hydroxylation is 1. The number of ether oxygens (including phenoxy) is 1. The van der Waals surface area contributed by atoms with Gasteiger partial charge >= 0.3 is 11.7 Å². The average Bonchev–Trinajstić information content (AvgIpc) is 2.66. The molecule has 0 aliphatic heterocycles. The molecule has 2 aromatic rings. The minimum atomic E-state index is -0.578. The van der Waals surface area contributed by atoms with Crippen molar-refractivity contribution in [3.05, 3.63) is 40.1 Å². The number of hydrogen-bond acceptors (Lipinski definition) is 3. The Morgan fingerprint density at radius 2 is 2.22 bits per heavy atom. The maximum absolute atomic E-state index is 14.0. The van der Waals surface area contributed by atoms with Crippen molar-refractivity contribution in [1.82, 2.24) is 9.55 Å². The van der Waals surface area contributed by atoms with Gasteiger partial charge in [0, 0.05) is 18.7 Å². The summed E-state index contributed by atoms with van der Waals surface area (Å²) >= 11 is 0. The summed E-state index contributed by atoms with van der Waals surface area (Å²) in [6.45, 7) is 0. The highest BCUT2D eigenvalue weighted by atomic mass is 19.1. The van der Waals surface area contributed by atoms with Crippen LogP contribution in [0, 0.1) is 5.82 Å². The summed E-state index contributed by atoms with van der Waals surface area (Å²) in [6, 6.07) is 3.09. The maximum Gasteiger partial charge on any atom is 0.330 e. The molecule has 0 saturated carbocycles. The van der Waals surface area contributed by atoms with E-state index in [1.54, 1.807) is 13.1 Å². The standard InChI is InChI=1S/C12H11FN2O3/c1-15-8-5-3-7(4-6-9(16)18-2)10(13)11(8)14-12(15)17/h3-6H,1-2H3,(H,14,17)/b6-4+. The number of H-pyrrole nitrogens is 1. The van der Waals surface area contributed by atoms with E-state index in [0.29, 0.717) is 5.52 Å². The molecule has 0 aliphatic rings. The van der Waals surface area contributed by atoms with E-state index in [2.05, 4.69) is 9.72 Å². The van der Waals surface area contributed by atoms with Gasteiger partial charge in [0.25, 0.3) is 0 Å². The highest BCUT2D eigenvalue weighted by molar-refractivity contribution is 5.88. The molecular weight excluding hydrogens is 239 g/mol. The van der Waals surface area contributed by atoms with E-state index in [1.165, 1.54) is 23.8 Å². The lowest BCUT2D eigenvalue weighted by Gasteiger charge is -1.99. The minimum absolute atomic E-state index is 0.120. The lowest BCUT2D eigenvalue weighted by Crippen LogP contribution is -2.11. The number of fused-ring (bicyclic) bond motifs is 1. The number of halogens is 1. The number of benzene rings is 1. The van der Waals surface area contributed by atoms with Gasteiger partial charge in [-0.2, -0.15) is 0 Å². The number of carbonyl (C=O) groups excluding carboxylic acids is 1. The maximum atomic E-state index is 14.0. The third kappa shape index (κ3) is 1.92. The van der Waals surface area contributed by atoms with Crippen LogP contribution in [0.3, 0.4) is 0 Å². The number of nitrogens with zero attached hydrogens (tertiary/aromatic N) is 1. The van der Waals surface area contributed by atoms with Crippen LogP contribution in [0.5, 0.6) is 0 Å². The zero-order valence-electron chi connectivity index (χ0n) is 9.86. The lowest BCUT2D eigenvalue weighted by molar-refractivity contribution is -0.134. The Kier molecular flexibility index (Phi) is 3.01.